The van der Waals surface area contributed by atoms with Gasteiger partial charge in [0.2, 0.25) is 5.91 Å². The van der Waals surface area contributed by atoms with E-state index < -0.39 is 0 Å². The molecule has 2 rings (SSSR count). The third-order valence-corrected chi connectivity index (χ3v) is 4.07. The van der Waals surface area contributed by atoms with Crippen LogP contribution in [0.3, 0.4) is 0 Å². The van der Waals surface area contributed by atoms with Gasteiger partial charge in [0.15, 0.2) is 0 Å². The number of carbonyl (C=O) groups excluding carboxylic acids is 1. The lowest BCUT2D eigenvalue weighted by atomic mass is 10.1. The van der Waals surface area contributed by atoms with Crippen molar-refractivity contribution in [2.24, 2.45) is 11.7 Å². The molecule has 0 spiro atoms. The van der Waals surface area contributed by atoms with Crippen molar-refractivity contribution in [2.45, 2.75) is 31.8 Å². The third kappa shape index (κ3) is 3.51. The van der Waals surface area contributed by atoms with Crippen molar-refractivity contribution in [3.8, 4) is 0 Å². The summed E-state index contributed by atoms with van der Waals surface area (Å²) in [6, 6.07) is 8.54. The number of amides is 1. The van der Waals surface area contributed by atoms with Crippen LogP contribution in [0.4, 0.5) is 5.69 Å². The van der Waals surface area contributed by atoms with Crippen LogP contribution in [0.2, 0.25) is 0 Å². The average molecular weight is 275 g/mol. The summed E-state index contributed by atoms with van der Waals surface area (Å²) in [6.45, 7) is 0.665. The van der Waals surface area contributed by atoms with Crippen molar-refractivity contribution in [3.05, 3.63) is 29.8 Å². The minimum atomic E-state index is 0.121. The Bertz CT molecular complexity index is 455. The molecule has 1 aromatic carbocycles. The molecule has 0 saturated heterocycles. The summed E-state index contributed by atoms with van der Waals surface area (Å²) in [7, 11) is 5.92. The summed E-state index contributed by atoms with van der Waals surface area (Å²) in [5.41, 5.74) is 8.22. The zero-order valence-electron chi connectivity index (χ0n) is 12.7. The molecule has 1 fully saturated rings. The van der Waals surface area contributed by atoms with Crippen molar-refractivity contribution in [1.82, 2.24) is 4.90 Å². The second kappa shape index (κ2) is 6.27. The zero-order valence-corrected chi connectivity index (χ0v) is 12.7. The van der Waals surface area contributed by atoms with Crippen molar-refractivity contribution in [2.75, 3.05) is 26.0 Å². The van der Waals surface area contributed by atoms with E-state index in [2.05, 4.69) is 29.2 Å². The first-order valence-electron chi connectivity index (χ1n) is 7.24. The Kier molecular flexibility index (Phi) is 4.65. The van der Waals surface area contributed by atoms with E-state index >= 15 is 0 Å². The molecule has 0 heterocycles. The van der Waals surface area contributed by atoms with Crippen molar-refractivity contribution in [1.29, 1.82) is 0 Å². The molecule has 4 heteroatoms. The maximum Gasteiger partial charge on any atom is 0.225 e. The van der Waals surface area contributed by atoms with Gasteiger partial charge in [0.25, 0.3) is 0 Å². The second-order valence-electron chi connectivity index (χ2n) is 6.03. The maximum absolute atomic E-state index is 12.3. The van der Waals surface area contributed by atoms with Crippen LogP contribution in [0.5, 0.6) is 0 Å². The van der Waals surface area contributed by atoms with E-state index in [-0.39, 0.29) is 17.9 Å². The zero-order chi connectivity index (χ0) is 14.7. The third-order valence-electron chi connectivity index (χ3n) is 4.07. The van der Waals surface area contributed by atoms with Gasteiger partial charge in [0.05, 0.1) is 0 Å². The minimum absolute atomic E-state index is 0.121. The molecule has 4 nitrogen and oxygen atoms in total. The molecule has 1 saturated carbocycles. The highest BCUT2D eigenvalue weighted by molar-refractivity contribution is 5.79. The predicted molar refractivity (Wildman–Crippen MR) is 82.6 cm³/mol. The summed E-state index contributed by atoms with van der Waals surface area (Å²) < 4.78 is 0. The largest absolute Gasteiger partial charge is 0.378 e. The van der Waals surface area contributed by atoms with Crippen LogP contribution in [-0.4, -0.2) is 38.0 Å². The Balaban J connectivity index is 1.93. The van der Waals surface area contributed by atoms with E-state index in [0.717, 1.165) is 24.8 Å². The molecule has 2 N–H and O–H groups in total. The molecule has 110 valence electrons. The number of anilines is 1. The van der Waals surface area contributed by atoms with Crippen LogP contribution in [0.1, 0.15) is 24.8 Å². The smallest absolute Gasteiger partial charge is 0.225 e. The first-order valence-corrected chi connectivity index (χ1v) is 7.24. The number of carbonyl (C=O) groups is 1. The SMILES string of the molecule is CN(Cc1ccc(N(C)C)cc1)C(=O)C1CCC(N)C1. The lowest BCUT2D eigenvalue weighted by Crippen LogP contribution is -2.32. The van der Waals surface area contributed by atoms with Gasteiger partial charge in [-0.2, -0.15) is 0 Å². The van der Waals surface area contributed by atoms with Crippen LogP contribution in [-0.2, 0) is 11.3 Å². The molecule has 1 aromatic rings. The molecule has 0 aromatic heterocycles. The Morgan fingerprint density at radius 3 is 2.35 bits per heavy atom. The summed E-state index contributed by atoms with van der Waals surface area (Å²) in [6.07, 6.45) is 2.74. The molecule has 2 atom stereocenters. The highest BCUT2D eigenvalue weighted by Gasteiger charge is 2.29. The van der Waals surface area contributed by atoms with Crippen LogP contribution in [0, 0.1) is 5.92 Å². The number of nitrogens with zero attached hydrogens (tertiary/aromatic N) is 2. The van der Waals surface area contributed by atoms with Crippen LogP contribution in [0.25, 0.3) is 0 Å². The minimum Gasteiger partial charge on any atom is -0.378 e. The van der Waals surface area contributed by atoms with Crippen molar-refractivity contribution in [3.63, 3.8) is 0 Å². The van der Waals surface area contributed by atoms with Gasteiger partial charge >= 0.3 is 0 Å². The van der Waals surface area contributed by atoms with E-state index in [9.17, 15) is 4.79 Å². The fraction of sp³-hybridized carbons (Fsp3) is 0.562. The normalized spacial score (nSPS) is 21.8. The molecular weight excluding hydrogens is 250 g/mol. The molecule has 1 aliphatic rings. The number of rotatable bonds is 4. The highest BCUT2D eigenvalue weighted by atomic mass is 16.2. The van der Waals surface area contributed by atoms with E-state index in [1.54, 1.807) is 0 Å². The van der Waals surface area contributed by atoms with Gasteiger partial charge in [-0.05, 0) is 37.0 Å². The van der Waals surface area contributed by atoms with Gasteiger partial charge in [0, 0.05) is 45.3 Å². The molecule has 0 aliphatic heterocycles. The molecule has 20 heavy (non-hydrogen) atoms. The fourth-order valence-corrected chi connectivity index (χ4v) is 2.80. The lowest BCUT2D eigenvalue weighted by Gasteiger charge is -2.21. The molecule has 1 aliphatic carbocycles. The number of hydrogen-bond donors (Lipinski definition) is 1. The van der Waals surface area contributed by atoms with Gasteiger partial charge in [-0.15, -0.1) is 0 Å². The van der Waals surface area contributed by atoms with Gasteiger partial charge in [-0.1, -0.05) is 12.1 Å². The first kappa shape index (κ1) is 14.9. The molecule has 1 amide bonds. The Morgan fingerprint density at radius 2 is 1.85 bits per heavy atom. The summed E-state index contributed by atoms with van der Waals surface area (Å²) >= 11 is 0. The van der Waals surface area contributed by atoms with Gasteiger partial charge < -0.3 is 15.5 Å². The summed E-state index contributed by atoms with van der Waals surface area (Å²) in [5.74, 6) is 0.352. The van der Waals surface area contributed by atoms with Gasteiger partial charge in [0.1, 0.15) is 0 Å². The van der Waals surface area contributed by atoms with Crippen molar-refractivity contribution < 1.29 is 4.79 Å². The van der Waals surface area contributed by atoms with Gasteiger partial charge in [-0.25, -0.2) is 0 Å². The van der Waals surface area contributed by atoms with Crippen molar-refractivity contribution >= 4 is 11.6 Å². The van der Waals surface area contributed by atoms with E-state index in [1.807, 2.05) is 26.0 Å². The predicted octanol–water partition coefficient (Wildman–Crippen LogP) is 1.84. The fourth-order valence-electron chi connectivity index (χ4n) is 2.80. The standard InChI is InChI=1S/C16H25N3O/c1-18(2)15-8-4-12(5-9-15)11-19(3)16(20)13-6-7-14(17)10-13/h4-5,8-9,13-14H,6-7,10-11,17H2,1-3H3. The van der Waals surface area contributed by atoms with Crippen LogP contribution < -0.4 is 10.6 Å². The van der Waals surface area contributed by atoms with E-state index in [1.165, 1.54) is 5.69 Å². The number of benzene rings is 1. The number of hydrogen-bond acceptors (Lipinski definition) is 3. The molecule has 0 bridgehead atoms. The highest BCUT2D eigenvalue weighted by Crippen LogP contribution is 2.26. The van der Waals surface area contributed by atoms with Crippen LogP contribution in [0.15, 0.2) is 24.3 Å². The Hall–Kier alpha value is -1.55. The number of nitrogens with two attached hydrogens (primary N) is 1. The molecule has 2 unspecified atom stereocenters. The van der Waals surface area contributed by atoms with E-state index in [0.29, 0.717) is 6.54 Å². The van der Waals surface area contributed by atoms with E-state index in [4.69, 9.17) is 5.73 Å². The quantitative estimate of drug-likeness (QED) is 0.912. The van der Waals surface area contributed by atoms with Crippen LogP contribution >= 0.6 is 0 Å². The molecular formula is C16H25N3O. The molecule has 0 radical (unpaired) electrons. The topological polar surface area (TPSA) is 49.6 Å². The average Bonchev–Trinajstić information content (AvgIpc) is 2.85. The monoisotopic (exact) mass is 275 g/mol. The lowest BCUT2D eigenvalue weighted by molar-refractivity contribution is -0.134. The Morgan fingerprint density at radius 1 is 1.20 bits per heavy atom. The summed E-state index contributed by atoms with van der Waals surface area (Å²) in [4.78, 5) is 16.2. The maximum atomic E-state index is 12.3. The summed E-state index contributed by atoms with van der Waals surface area (Å²) in [5, 5.41) is 0. The van der Waals surface area contributed by atoms with Gasteiger partial charge in [-0.3, -0.25) is 4.79 Å². The Labute approximate surface area is 121 Å². The first-order chi connectivity index (χ1) is 9.47. The second-order valence-corrected chi connectivity index (χ2v) is 6.03.